The van der Waals surface area contributed by atoms with Crippen molar-refractivity contribution in [3.63, 3.8) is 0 Å². The first kappa shape index (κ1) is 14.2. The number of carbonyl (C=O) groups is 1. The van der Waals surface area contributed by atoms with Gasteiger partial charge >= 0.3 is 0 Å². The van der Waals surface area contributed by atoms with Gasteiger partial charge in [0.1, 0.15) is 0 Å². The lowest BCUT2D eigenvalue weighted by Gasteiger charge is -2.01. The summed E-state index contributed by atoms with van der Waals surface area (Å²) in [7, 11) is 0. The van der Waals surface area contributed by atoms with Crippen LogP contribution in [0.2, 0.25) is 0 Å². The van der Waals surface area contributed by atoms with E-state index >= 15 is 0 Å². The number of para-hydroxylation sites is 1. The van der Waals surface area contributed by atoms with E-state index in [4.69, 9.17) is 0 Å². The van der Waals surface area contributed by atoms with Crippen LogP contribution in [0.25, 0.3) is 10.2 Å². The van der Waals surface area contributed by atoms with E-state index in [2.05, 4.69) is 21.4 Å². The zero-order valence-electron chi connectivity index (χ0n) is 11.6. The quantitative estimate of drug-likeness (QED) is 0.787. The molecule has 4 nitrogen and oxygen atoms in total. The number of aromatic nitrogens is 2. The molecular weight excluding hydrogens is 302 g/mol. The summed E-state index contributed by atoms with van der Waals surface area (Å²) in [6, 6.07) is 8.09. The molecule has 1 N–H and O–H groups in total. The van der Waals surface area contributed by atoms with Crippen molar-refractivity contribution in [3.8, 4) is 0 Å². The molecule has 0 saturated carbocycles. The van der Waals surface area contributed by atoms with Crippen LogP contribution >= 0.6 is 22.7 Å². The van der Waals surface area contributed by atoms with E-state index in [1.54, 1.807) is 22.7 Å². The van der Waals surface area contributed by atoms with Gasteiger partial charge < -0.3 is 5.32 Å². The van der Waals surface area contributed by atoms with Crippen LogP contribution < -0.4 is 5.32 Å². The molecule has 0 unspecified atom stereocenters. The third-order valence-electron chi connectivity index (χ3n) is 3.01. The van der Waals surface area contributed by atoms with Gasteiger partial charge in [0, 0.05) is 18.3 Å². The second-order valence-electron chi connectivity index (χ2n) is 4.71. The minimum Gasteiger partial charge on any atom is -0.355 e. The molecular formula is C15H15N3OS2. The molecule has 0 bridgehead atoms. The lowest BCUT2D eigenvalue weighted by Crippen LogP contribution is -2.27. The average Bonchev–Trinajstić information content (AvgIpc) is 3.04. The van der Waals surface area contributed by atoms with Crippen molar-refractivity contribution < 1.29 is 4.79 Å². The third kappa shape index (κ3) is 3.65. The molecule has 3 aromatic rings. The van der Waals surface area contributed by atoms with Gasteiger partial charge in [0.05, 0.1) is 32.3 Å². The molecule has 1 aromatic carbocycles. The Morgan fingerprint density at radius 3 is 2.90 bits per heavy atom. The summed E-state index contributed by atoms with van der Waals surface area (Å²) >= 11 is 3.25. The Hall–Kier alpha value is -1.79. The zero-order valence-corrected chi connectivity index (χ0v) is 13.3. The summed E-state index contributed by atoms with van der Waals surface area (Å²) in [6.07, 6.45) is 1.12. The second kappa shape index (κ2) is 6.32. The smallest absolute Gasteiger partial charge is 0.226 e. The minimum absolute atomic E-state index is 0.0152. The normalized spacial score (nSPS) is 10.9. The Morgan fingerprint density at radius 1 is 1.29 bits per heavy atom. The van der Waals surface area contributed by atoms with E-state index in [9.17, 15) is 4.79 Å². The van der Waals surface area contributed by atoms with E-state index in [1.807, 2.05) is 30.5 Å². The van der Waals surface area contributed by atoms with Gasteiger partial charge in [-0.25, -0.2) is 9.97 Å². The van der Waals surface area contributed by atoms with E-state index in [-0.39, 0.29) is 5.91 Å². The van der Waals surface area contributed by atoms with Crippen LogP contribution in [0, 0.1) is 6.92 Å². The molecule has 0 spiro atoms. The van der Waals surface area contributed by atoms with Crippen LogP contribution in [0.4, 0.5) is 0 Å². The molecule has 0 aliphatic heterocycles. The summed E-state index contributed by atoms with van der Waals surface area (Å²) in [6.45, 7) is 2.56. The number of benzene rings is 1. The van der Waals surface area contributed by atoms with Gasteiger partial charge in [0.25, 0.3) is 0 Å². The maximum Gasteiger partial charge on any atom is 0.226 e. The fraction of sp³-hybridized carbons (Fsp3) is 0.267. The fourth-order valence-corrected chi connectivity index (χ4v) is 3.63. The number of hydrogen-bond donors (Lipinski definition) is 1. The predicted molar refractivity (Wildman–Crippen MR) is 86.9 cm³/mol. The lowest BCUT2D eigenvalue weighted by atomic mass is 10.3. The molecule has 2 aromatic heterocycles. The van der Waals surface area contributed by atoms with E-state index in [0.717, 1.165) is 27.6 Å². The van der Waals surface area contributed by atoms with Gasteiger partial charge in [-0.05, 0) is 19.1 Å². The Balaban J connectivity index is 1.50. The van der Waals surface area contributed by atoms with Crippen LogP contribution in [0.3, 0.4) is 0 Å². The van der Waals surface area contributed by atoms with E-state index < -0.39 is 0 Å². The first-order valence-electron chi connectivity index (χ1n) is 6.73. The number of nitrogens with zero attached hydrogens (tertiary/aromatic N) is 2. The number of aryl methyl sites for hydroxylation is 1. The van der Waals surface area contributed by atoms with Crippen molar-refractivity contribution in [1.29, 1.82) is 0 Å². The van der Waals surface area contributed by atoms with Crippen molar-refractivity contribution in [3.05, 3.63) is 45.4 Å². The Morgan fingerprint density at radius 2 is 2.14 bits per heavy atom. The number of fused-ring (bicyclic) bond motifs is 1. The molecule has 2 heterocycles. The number of nitrogens with one attached hydrogen (secondary N) is 1. The molecule has 21 heavy (non-hydrogen) atoms. The molecule has 1 amide bonds. The summed E-state index contributed by atoms with van der Waals surface area (Å²) in [5.41, 5.74) is 1.87. The van der Waals surface area contributed by atoms with Gasteiger partial charge in [0.15, 0.2) is 0 Å². The maximum absolute atomic E-state index is 11.8. The summed E-state index contributed by atoms with van der Waals surface area (Å²) in [5, 5.41) is 6.91. The van der Waals surface area contributed by atoms with Gasteiger partial charge in [-0.2, -0.15) is 0 Å². The third-order valence-corrected chi connectivity index (χ3v) is 4.93. The lowest BCUT2D eigenvalue weighted by molar-refractivity contribution is -0.120. The van der Waals surface area contributed by atoms with Crippen molar-refractivity contribution in [1.82, 2.24) is 15.3 Å². The van der Waals surface area contributed by atoms with Gasteiger partial charge in [-0.1, -0.05) is 12.1 Å². The highest BCUT2D eigenvalue weighted by Crippen LogP contribution is 2.21. The van der Waals surface area contributed by atoms with Crippen molar-refractivity contribution in [2.75, 3.05) is 6.54 Å². The largest absolute Gasteiger partial charge is 0.355 e. The van der Waals surface area contributed by atoms with Crippen LogP contribution in [0.1, 0.15) is 15.7 Å². The summed E-state index contributed by atoms with van der Waals surface area (Å²) < 4.78 is 1.19. The standard InChI is InChI=1S/C15H15N3OS2/c1-10-17-11(9-20-10)8-14(19)16-7-6-15-18-12-4-2-3-5-13(12)21-15/h2-5,9H,6-8H2,1H3,(H,16,19). The molecule has 0 radical (unpaired) electrons. The van der Waals surface area contributed by atoms with Gasteiger partial charge in [-0.3, -0.25) is 4.79 Å². The first-order valence-corrected chi connectivity index (χ1v) is 8.42. The highest BCUT2D eigenvalue weighted by atomic mass is 32.1. The molecule has 3 rings (SSSR count). The maximum atomic E-state index is 11.8. The topological polar surface area (TPSA) is 54.9 Å². The van der Waals surface area contributed by atoms with E-state index in [1.165, 1.54) is 4.70 Å². The zero-order chi connectivity index (χ0) is 14.7. The number of amides is 1. The SMILES string of the molecule is Cc1nc(CC(=O)NCCc2nc3ccccc3s2)cs1. The molecule has 0 aliphatic rings. The molecule has 108 valence electrons. The van der Waals surface area contributed by atoms with Gasteiger partial charge in [0.2, 0.25) is 5.91 Å². The molecule has 0 aliphatic carbocycles. The fourth-order valence-electron chi connectivity index (χ4n) is 2.05. The van der Waals surface area contributed by atoms with Crippen LogP contribution in [-0.4, -0.2) is 22.4 Å². The van der Waals surface area contributed by atoms with Crippen molar-refractivity contribution in [2.45, 2.75) is 19.8 Å². The summed E-state index contributed by atoms with van der Waals surface area (Å²) in [4.78, 5) is 20.7. The number of carbonyl (C=O) groups excluding carboxylic acids is 1. The monoisotopic (exact) mass is 317 g/mol. The van der Waals surface area contributed by atoms with Crippen LogP contribution in [-0.2, 0) is 17.6 Å². The first-order chi connectivity index (χ1) is 10.2. The van der Waals surface area contributed by atoms with Crippen LogP contribution in [0.5, 0.6) is 0 Å². The van der Waals surface area contributed by atoms with E-state index in [0.29, 0.717) is 13.0 Å². The van der Waals surface area contributed by atoms with Crippen molar-refractivity contribution in [2.24, 2.45) is 0 Å². The van der Waals surface area contributed by atoms with Crippen LogP contribution in [0.15, 0.2) is 29.6 Å². The Kier molecular flexibility index (Phi) is 4.26. The highest BCUT2D eigenvalue weighted by Gasteiger charge is 2.07. The predicted octanol–water partition coefficient (Wildman–Crippen LogP) is 2.96. The molecule has 6 heteroatoms. The Labute approximate surface area is 130 Å². The van der Waals surface area contributed by atoms with Gasteiger partial charge in [-0.15, -0.1) is 22.7 Å². The van der Waals surface area contributed by atoms with Crippen molar-refractivity contribution >= 4 is 38.8 Å². The second-order valence-corrected chi connectivity index (χ2v) is 6.89. The highest BCUT2D eigenvalue weighted by molar-refractivity contribution is 7.18. The number of hydrogen-bond acceptors (Lipinski definition) is 5. The average molecular weight is 317 g/mol. The number of thiazole rings is 2. The summed E-state index contributed by atoms with van der Waals surface area (Å²) in [5.74, 6) is 0.0152. The molecule has 0 saturated heterocycles. The molecule has 0 fully saturated rings. The minimum atomic E-state index is 0.0152. The number of rotatable bonds is 5. The molecule has 0 atom stereocenters. The Bertz CT molecular complexity index is 730.